The number of nitrogens with one attached hydrogen (secondary N) is 1. The molecule has 0 heterocycles. The lowest BCUT2D eigenvalue weighted by Crippen LogP contribution is -2.39. The van der Waals surface area contributed by atoms with E-state index in [-0.39, 0.29) is 16.7 Å². The molecule has 28 heavy (non-hydrogen) atoms. The van der Waals surface area contributed by atoms with Gasteiger partial charge in [-0.05, 0) is 36.6 Å². The van der Waals surface area contributed by atoms with Crippen molar-refractivity contribution < 1.29 is 19.2 Å². The second-order valence-electron chi connectivity index (χ2n) is 7.01. The summed E-state index contributed by atoms with van der Waals surface area (Å²) in [4.78, 5) is 23.3. The van der Waals surface area contributed by atoms with Crippen molar-refractivity contribution in [2.24, 2.45) is 0 Å². The number of carbonyl (C=O) groups is 1. The van der Waals surface area contributed by atoms with Crippen LogP contribution in [0.25, 0.3) is 0 Å². The third kappa shape index (κ3) is 3.78. The van der Waals surface area contributed by atoms with E-state index in [1.54, 1.807) is 26.4 Å². The van der Waals surface area contributed by atoms with Gasteiger partial charge in [0, 0.05) is 18.0 Å². The Balaban J connectivity index is 1.84. The van der Waals surface area contributed by atoms with Gasteiger partial charge >= 0.3 is 0 Å². The van der Waals surface area contributed by atoms with Gasteiger partial charge in [0.05, 0.1) is 19.1 Å². The lowest BCUT2D eigenvalue weighted by molar-refractivity contribution is -0.385. The predicted octanol–water partition coefficient (Wildman–Crippen LogP) is 3.85. The van der Waals surface area contributed by atoms with Crippen molar-refractivity contribution in [3.05, 3.63) is 63.7 Å². The van der Waals surface area contributed by atoms with E-state index in [1.807, 2.05) is 18.2 Å². The van der Waals surface area contributed by atoms with Crippen LogP contribution in [0.3, 0.4) is 0 Å². The van der Waals surface area contributed by atoms with Gasteiger partial charge in [0.1, 0.15) is 5.56 Å². The Morgan fingerprint density at radius 3 is 2.43 bits per heavy atom. The molecule has 3 rings (SSSR count). The first-order valence-corrected chi connectivity index (χ1v) is 9.25. The average Bonchev–Trinajstić information content (AvgIpc) is 3.21. The van der Waals surface area contributed by atoms with Gasteiger partial charge in [0.2, 0.25) is 0 Å². The minimum absolute atomic E-state index is 0.0768. The smallest absolute Gasteiger partial charge is 0.282 e. The highest BCUT2D eigenvalue weighted by Gasteiger charge is 2.37. The van der Waals surface area contributed by atoms with Crippen molar-refractivity contribution in [1.29, 1.82) is 0 Å². The second-order valence-corrected chi connectivity index (χ2v) is 7.01. The van der Waals surface area contributed by atoms with Gasteiger partial charge in [-0.3, -0.25) is 14.9 Å². The van der Waals surface area contributed by atoms with Crippen LogP contribution in [0, 0.1) is 10.1 Å². The van der Waals surface area contributed by atoms with Gasteiger partial charge in [-0.15, -0.1) is 0 Å². The van der Waals surface area contributed by atoms with E-state index in [1.165, 1.54) is 12.1 Å². The summed E-state index contributed by atoms with van der Waals surface area (Å²) >= 11 is 0. The zero-order chi connectivity index (χ0) is 20.1. The van der Waals surface area contributed by atoms with E-state index >= 15 is 0 Å². The number of carbonyl (C=O) groups excluding carboxylic acids is 1. The van der Waals surface area contributed by atoms with E-state index in [9.17, 15) is 14.9 Å². The lowest BCUT2D eigenvalue weighted by atomic mass is 9.78. The van der Waals surface area contributed by atoms with E-state index in [0.717, 1.165) is 31.2 Å². The van der Waals surface area contributed by atoms with Gasteiger partial charge in [0.25, 0.3) is 11.6 Å². The van der Waals surface area contributed by atoms with Crippen LogP contribution in [-0.4, -0.2) is 31.6 Å². The number of nitro groups is 1. The fourth-order valence-corrected chi connectivity index (χ4v) is 3.95. The summed E-state index contributed by atoms with van der Waals surface area (Å²) in [5.74, 6) is 0.874. The fourth-order valence-electron chi connectivity index (χ4n) is 3.95. The molecule has 1 amide bonds. The SMILES string of the molecule is COc1ccc(C2(CNC(=O)c3ccccc3[N+](=O)[O-])CCCC2)cc1OC. The van der Waals surface area contributed by atoms with E-state index in [2.05, 4.69) is 5.32 Å². The first-order chi connectivity index (χ1) is 13.5. The van der Waals surface area contributed by atoms with Crippen LogP contribution in [0.5, 0.6) is 11.5 Å². The van der Waals surface area contributed by atoms with Crippen molar-refractivity contribution >= 4 is 11.6 Å². The minimum atomic E-state index is -0.533. The molecule has 1 saturated carbocycles. The number of methoxy groups -OCH3 is 2. The van der Waals surface area contributed by atoms with Crippen LogP contribution < -0.4 is 14.8 Å². The third-order valence-corrected chi connectivity index (χ3v) is 5.49. The Bertz CT molecular complexity index is 875. The number of rotatable bonds is 7. The van der Waals surface area contributed by atoms with E-state index in [0.29, 0.717) is 18.0 Å². The van der Waals surface area contributed by atoms with Crippen molar-refractivity contribution in [2.45, 2.75) is 31.1 Å². The fraction of sp³-hybridized carbons (Fsp3) is 0.381. The normalized spacial score (nSPS) is 15.1. The largest absolute Gasteiger partial charge is 0.493 e. The van der Waals surface area contributed by atoms with Gasteiger partial charge in [0.15, 0.2) is 11.5 Å². The molecule has 0 bridgehead atoms. The molecule has 0 atom stereocenters. The molecule has 7 nitrogen and oxygen atoms in total. The topological polar surface area (TPSA) is 90.7 Å². The highest BCUT2D eigenvalue weighted by atomic mass is 16.6. The Hall–Kier alpha value is -3.09. The third-order valence-electron chi connectivity index (χ3n) is 5.49. The molecule has 0 aliphatic heterocycles. The molecule has 0 saturated heterocycles. The maximum atomic E-state index is 12.7. The van der Waals surface area contributed by atoms with Crippen LogP contribution >= 0.6 is 0 Å². The summed E-state index contributed by atoms with van der Waals surface area (Å²) in [6.07, 6.45) is 3.99. The van der Waals surface area contributed by atoms with Crippen molar-refractivity contribution in [3.8, 4) is 11.5 Å². The number of nitro benzene ring substituents is 1. The molecule has 0 unspecified atom stereocenters. The molecule has 1 fully saturated rings. The maximum Gasteiger partial charge on any atom is 0.282 e. The Morgan fingerprint density at radius 2 is 1.79 bits per heavy atom. The number of para-hydroxylation sites is 1. The number of amides is 1. The van der Waals surface area contributed by atoms with Crippen LogP contribution in [0.4, 0.5) is 5.69 Å². The molecule has 7 heteroatoms. The molecule has 2 aromatic carbocycles. The minimum Gasteiger partial charge on any atom is -0.493 e. The van der Waals surface area contributed by atoms with Gasteiger partial charge < -0.3 is 14.8 Å². The van der Waals surface area contributed by atoms with Crippen LogP contribution in [0.15, 0.2) is 42.5 Å². The summed E-state index contributed by atoms with van der Waals surface area (Å²) in [6, 6.07) is 11.8. The summed E-state index contributed by atoms with van der Waals surface area (Å²) in [6.45, 7) is 0.410. The lowest BCUT2D eigenvalue weighted by Gasteiger charge is -2.30. The van der Waals surface area contributed by atoms with Crippen molar-refractivity contribution in [1.82, 2.24) is 5.32 Å². The summed E-state index contributed by atoms with van der Waals surface area (Å²) in [5, 5.41) is 14.1. The number of hydrogen-bond donors (Lipinski definition) is 1. The molecular weight excluding hydrogens is 360 g/mol. The number of hydrogen-bond acceptors (Lipinski definition) is 5. The quantitative estimate of drug-likeness (QED) is 0.578. The summed E-state index contributed by atoms with van der Waals surface area (Å²) < 4.78 is 10.8. The molecule has 0 spiro atoms. The van der Waals surface area contributed by atoms with Crippen LogP contribution in [-0.2, 0) is 5.41 Å². The maximum absolute atomic E-state index is 12.7. The van der Waals surface area contributed by atoms with Crippen LogP contribution in [0.2, 0.25) is 0 Å². The van der Waals surface area contributed by atoms with E-state index in [4.69, 9.17) is 9.47 Å². The van der Waals surface area contributed by atoms with Crippen LogP contribution in [0.1, 0.15) is 41.6 Å². The predicted molar refractivity (Wildman–Crippen MR) is 105 cm³/mol. The highest BCUT2D eigenvalue weighted by Crippen LogP contribution is 2.43. The summed E-state index contributed by atoms with van der Waals surface area (Å²) in [5.41, 5.74) is 0.740. The molecule has 0 aromatic heterocycles. The van der Waals surface area contributed by atoms with E-state index < -0.39 is 10.8 Å². The molecule has 0 radical (unpaired) electrons. The number of nitrogens with zero attached hydrogens (tertiary/aromatic N) is 1. The highest BCUT2D eigenvalue weighted by molar-refractivity contribution is 5.98. The van der Waals surface area contributed by atoms with Crippen molar-refractivity contribution in [3.63, 3.8) is 0 Å². The average molecular weight is 384 g/mol. The Labute approximate surface area is 163 Å². The van der Waals surface area contributed by atoms with Gasteiger partial charge in [-0.1, -0.05) is 31.0 Å². The molecule has 1 N–H and O–H groups in total. The Morgan fingerprint density at radius 1 is 1.11 bits per heavy atom. The molecular formula is C21H24N2O5. The molecule has 1 aliphatic carbocycles. The molecule has 148 valence electrons. The number of ether oxygens (including phenoxy) is 2. The summed E-state index contributed by atoms with van der Waals surface area (Å²) in [7, 11) is 3.19. The Kier molecular flexibility index (Phi) is 5.82. The van der Waals surface area contributed by atoms with Gasteiger partial charge in [-0.25, -0.2) is 0 Å². The van der Waals surface area contributed by atoms with Crippen molar-refractivity contribution in [2.75, 3.05) is 20.8 Å². The second kappa shape index (κ2) is 8.29. The first-order valence-electron chi connectivity index (χ1n) is 9.25. The molecule has 1 aliphatic rings. The van der Waals surface area contributed by atoms with Gasteiger partial charge in [-0.2, -0.15) is 0 Å². The number of benzene rings is 2. The zero-order valence-electron chi connectivity index (χ0n) is 16.1. The molecule has 2 aromatic rings. The first kappa shape index (κ1) is 19.7. The standard InChI is InChI=1S/C21H24N2O5/c1-27-18-10-9-15(13-19(18)28-2)21(11-5-6-12-21)14-22-20(24)16-7-3-4-8-17(16)23(25)26/h3-4,7-10,13H,5-6,11-12,14H2,1-2H3,(H,22,24). The monoisotopic (exact) mass is 384 g/mol. The zero-order valence-corrected chi connectivity index (χ0v) is 16.1.